The number of rotatable bonds is 2. The zero-order chi connectivity index (χ0) is 13.3. The number of aliphatic hydroxyl groups is 1. The molecule has 18 heavy (non-hydrogen) atoms. The van der Waals surface area contributed by atoms with Gasteiger partial charge in [0.2, 0.25) is 5.91 Å². The highest BCUT2D eigenvalue weighted by Gasteiger charge is 2.30. The van der Waals surface area contributed by atoms with Gasteiger partial charge in [-0.25, -0.2) is 0 Å². The van der Waals surface area contributed by atoms with Gasteiger partial charge in [-0.1, -0.05) is 17.7 Å². The van der Waals surface area contributed by atoms with Gasteiger partial charge in [0.1, 0.15) is 6.04 Å². The summed E-state index contributed by atoms with van der Waals surface area (Å²) in [6.07, 6.45) is 0. The molecule has 0 aliphatic carbocycles. The molecule has 1 amide bonds. The topological polar surface area (TPSA) is 52.6 Å². The number of hydrogen-bond donors (Lipinski definition) is 2. The number of nitrogens with zero attached hydrogens (tertiary/aromatic N) is 1. The lowest BCUT2D eigenvalue weighted by molar-refractivity contribution is -0.124. The van der Waals surface area contributed by atoms with Crippen LogP contribution in [0.2, 0.25) is 0 Å². The fraction of sp³-hybridized carbons (Fsp3) is 0.500. The number of aryl methyl sites for hydroxylation is 3. The minimum Gasteiger partial charge on any atom is -0.394 e. The lowest BCUT2D eigenvalue weighted by Crippen LogP contribution is -2.57. The number of hydrogen-bond acceptors (Lipinski definition) is 3. The molecule has 1 aliphatic rings. The molecule has 4 nitrogen and oxygen atoms in total. The molecule has 0 radical (unpaired) electrons. The summed E-state index contributed by atoms with van der Waals surface area (Å²) in [5.41, 5.74) is 4.60. The van der Waals surface area contributed by atoms with Crippen LogP contribution >= 0.6 is 0 Å². The molecule has 1 fully saturated rings. The second-order valence-electron chi connectivity index (χ2n) is 4.93. The Hall–Kier alpha value is -1.55. The highest BCUT2D eigenvalue weighted by Crippen LogP contribution is 2.28. The SMILES string of the molecule is Cc1cc(C)c(N2CCNC(=O)C2CO)c(C)c1. The highest BCUT2D eigenvalue weighted by molar-refractivity contribution is 5.87. The Morgan fingerprint density at radius 3 is 2.50 bits per heavy atom. The molecule has 4 heteroatoms. The summed E-state index contributed by atoms with van der Waals surface area (Å²) < 4.78 is 0. The Morgan fingerprint density at radius 2 is 1.94 bits per heavy atom. The Bertz CT molecular complexity index is 448. The van der Waals surface area contributed by atoms with Crippen molar-refractivity contribution < 1.29 is 9.90 Å². The van der Waals surface area contributed by atoms with Gasteiger partial charge in [-0.15, -0.1) is 0 Å². The first-order chi connectivity index (χ1) is 8.54. The summed E-state index contributed by atoms with van der Waals surface area (Å²) in [4.78, 5) is 13.8. The number of aliphatic hydroxyl groups excluding tert-OH is 1. The number of amides is 1. The first kappa shape index (κ1) is 12.9. The third kappa shape index (κ3) is 2.20. The lowest BCUT2D eigenvalue weighted by atomic mass is 10.0. The van der Waals surface area contributed by atoms with Crippen molar-refractivity contribution in [3.8, 4) is 0 Å². The second kappa shape index (κ2) is 4.98. The Morgan fingerprint density at radius 1 is 1.33 bits per heavy atom. The number of carbonyl (C=O) groups is 1. The van der Waals surface area contributed by atoms with Crippen LogP contribution in [0.1, 0.15) is 16.7 Å². The van der Waals surface area contributed by atoms with E-state index in [2.05, 4.69) is 38.2 Å². The number of benzene rings is 1. The van der Waals surface area contributed by atoms with Gasteiger partial charge in [-0.2, -0.15) is 0 Å². The van der Waals surface area contributed by atoms with Gasteiger partial charge >= 0.3 is 0 Å². The monoisotopic (exact) mass is 248 g/mol. The van der Waals surface area contributed by atoms with E-state index in [1.54, 1.807) is 0 Å². The molecular formula is C14H20N2O2. The van der Waals surface area contributed by atoms with Crippen LogP contribution in [0.15, 0.2) is 12.1 Å². The molecule has 1 aliphatic heterocycles. The molecule has 2 rings (SSSR count). The number of nitrogens with one attached hydrogen (secondary N) is 1. The lowest BCUT2D eigenvalue weighted by Gasteiger charge is -2.37. The summed E-state index contributed by atoms with van der Waals surface area (Å²) in [7, 11) is 0. The third-order valence-electron chi connectivity index (χ3n) is 3.43. The first-order valence-corrected chi connectivity index (χ1v) is 6.27. The molecule has 1 aromatic rings. The van der Waals surface area contributed by atoms with E-state index in [1.165, 1.54) is 5.56 Å². The summed E-state index contributed by atoms with van der Waals surface area (Å²) >= 11 is 0. The van der Waals surface area contributed by atoms with Crippen LogP contribution in [-0.4, -0.2) is 36.8 Å². The van der Waals surface area contributed by atoms with E-state index < -0.39 is 6.04 Å². The molecule has 1 saturated heterocycles. The normalized spacial score (nSPS) is 19.9. The smallest absolute Gasteiger partial charge is 0.245 e. The van der Waals surface area contributed by atoms with Crippen molar-refractivity contribution in [3.05, 3.63) is 28.8 Å². The number of anilines is 1. The summed E-state index contributed by atoms with van der Waals surface area (Å²) in [5, 5.41) is 12.2. The second-order valence-corrected chi connectivity index (χ2v) is 4.93. The van der Waals surface area contributed by atoms with Gasteiger partial charge in [0.15, 0.2) is 0 Å². The van der Waals surface area contributed by atoms with Gasteiger partial charge in [-0.05, 0) is 31.9 Å². The fourth-order valence-electron chi connectivity index (χ4n) is 2.79. The minimum absolute atomic E-state index is 0.0943. The molecule has 0 bridgehead atoms. The molecule has 2 N–H and O–H groups in total. The molecule has 0 aromatic heterocycles. The van der Waals surface area contributed by atoms with Crippen molar-refractivity contribution in [3.63, 3.8) is 0 Å². The van der Waals surface area contributed by atoms with Crippen LogP contribution in [0.25, 0.3) is 0 Å². The van der Waals surface area contributed by atoms with Crippen molar-refractivity contribution in [2.24, 2.45) is 0 Å². The standard InChI is InChI=1S/C14H20N2O2/c1-9-6-10(2)13(11(3)7-9)16-5-4-15-14(18)12(16)8-17/h6-7,12,17H,4-5,8H2,1-3H3,(H,15,18). The van der Waals surface area contributed by atoms with E-state index in [0.717, 1.165) is 23.4 Å². The molecule has 1 atom stereocenters. The van der Waals surface area contributed by atoms with Gasteiger partial charge in [0, 0.05) is 18.8 Å². The van der Waals surface area contributed by atoms with Gasteiger partial charge in [-0.3, -0.25) is 4.79 Å². The zero-order valence-electron chi connectivity index (χ0n) is 11.2. The van der Waals surface area contributed by atoms with E-state index in [1.807, 2.05) is 4.90 Å². The Labute approximate surface area is 108 Å². The van der Waals surface area contributed by atoms with Crippen LogP contribution in [0.4, 0.5) is 5.69 Å². The van der Waals surface area contributed by atoms with E-state index in [9.17, 15) is 9.90 Å². The molecule has 1 heterocycles. The van der Waals surface area contributed by atoms with Crippen LogP contribution in [0.5, 0.6) is 0 Å². The molecule has 0 saturated carbocycles. The average Bonchev–Trinajstić information content (AvgIpc) is 2.27. The van der Waals surface area contributed by atoms with E-state index in [-0.39, 0.29) is 12.5 Å². The van der Waals surface area contributed by atoms with Crippen LogP contribution < -0.4 is 10.2 Å². The summed E-state index contributed by atoms with van der Waals surface area (Å²) in [5.74, 6) is -0.0943. The highest BCUT2D eigenvalue weighted by atomic mass is 16.3. The van der Waals surface area contributed by atoms with Crippen molar-refractivity contribution in [2.75, 3.05) is 24.6 Å². The first-order valence-electron chi connectivity index (χ1n) is 6.27. The quantitative estimate of drug-likeness (QED) is 0.818. The van der Waals surface area contributed by atoms with Crippen LogP contribution in [0.3, 0.4) is 0 Å². The van der Waals surface area contributed by atoms with Crippen LogP contribution in [-0.2, 0) is 4.79 Å². The molecule has 98 valence electrons. The van der Waals surface area contributed by atoms with Crippen molar-refractivity contribution in [1.29, 1.82) is 0 Å². The van der Waals surface area contributed by atoms with E-state index in [4.69, 9.17) is 0 Å². The molecule has 1 unspecified atom stereocenters. The predicted molar refractivity (Wildman–Crippen MR) is 71.9 cm³/mol. The van der Waals surface area contributed by atoms with E-state index in [0.29, 0.717) is 6.54 Å². The molecule has 1 aromatic carbocycles. The summed E-state index contributed by atoms with van der Waals surface area (Å²) in [6.45, 7) is 7.38. The summed E-state index contributed by atoms with van der Waals surface area (Å²) in [6, 6.07) is 3.76. The van der Waals surface area contributed by atoms with Gasteiger partial charge in [0.25, 0.3) is 0 Å². The van der Waals surface area contributed by atoms with Gasteiger partial charge < -0.3 is 15.3 Å². The van der Waals surface area contributed by atoms with E-state index >= 15 is 0 Å². The predicted octanol–water partition coefficient (Wildman–Crippen LogP) is 0.909. The largest absolute Gasteiger partial charge is 0.394 e. The minimum atomic E-state index is -0.473. The van der Waals surface area contributed by atoms with Gasteiger partial charge in [0.05, 0.1) is 6.61 Å². The van der Waals surface area contributed by atoms with Crippen molar-refractivity contribution in [1.82, 2.24) is 5.32 Å². The third-order valence-corrected chi connectivity index (χ3v) is 3.43. The molecular weight excluding hydrogens is 228 g/mol. The van der Waals surface area contributed by atoms with Crippen molar-refractivity contribution >= 4 is 11.6 Å². The maximum absolute atomic E-state index is 11.8. The van der Waals surface area contributed by atoms with Crippen molar-refractivity contribution in [2.45, 2.75) is 26.8 Å². The zero-order valence-corrected chi connectivity index (χ0v) is 11.2. The Balaban J connectivity index is 2.43. The average molecular weight is 248 g/mol. The fourth-order valence-corrected chi connectivity index (χ4v) is 2.79. The number of carbonyl (C=O) groups excluding carboxylic acids is 1. The number of piperazine rings is 1. The maximum Gasteiger partial charge on any atom is 0.245 e. The maximum atomic E-state index is 11.8. The molecule has 0 spiro atoms. The van der Waals surface area contributed by atoms with Crippen LogP contribution in [0, 0.1) is 20.8 Å². The Kier molecular flexibility index (Phi) is 3.57.